The molecule has 0 unspecified atom stereocenters. The summed E-state index contributed by atoms with van der Waals surface area (Å²) in [6, 6.07) is 4.93. The molecule has 5 heteroatoms. The van der Waals surface area contributed by atoms with Crippen LogP contribution >= 0.6 is 38.5 Å². The van der Waals surface area contributed by atoms with E-state index < -0.39 is 4.92 Å². The Kier molecular flexibility index (Phi) is 2.83. The van der Waals surface area contributed by atoms with Gasteiger partial charge in [0.25, 0.3) is 5.69 Å². The Morgan fingerprint density at radius 1 is 1.55 bits per heavy atom. The Morgan fingerprint density at radius 2 is 2.18 bits per heavy atom. The summed E-state index contributed by atoms with van der Waals surface area (Å²) >= 11 is 5.16. The minimum Gasteiger partial charge on any atom is -0.258 e. The van der Waals surface area contributed by atoms with Gasteiger partial charge in [-0.25, -0.2) is 0 Å². The lowest BCUT2D eigenvalue weighted by molar-refractivity contribution is -0.385. The maximum absolute atomic E-state index is 10.3. The second-order valence-corrected chi connectivity index (χ2v) is 3.79. The van der Waals surface area contributed by atoms with Gasteiger partial charge < -0.3 is 0 Å². The molecule has 0 N–H and O–H groups in total. The number of halogens is 2. The fraction of sp³-hybridized carbons (Fsp3) is 0. The van der Waals surface area contributed by atoms with Gasteiger partial charge in [-0.05, 0) is 44.6 Å². The molecule has 0 aliphatic carbocycles. The maximum atomic E-state index is 10.3. The fourth-order valence-electron chi connectivity index (χ4n) is 0.633. The predicted octanol–water partition coefficient (Wildman–Crippen LogP) is 2.96. The molecule has 3 nitrogen and oxygen atoms in total. The molecule has 1 aromatic rings. The van der Waals surface area contributed by atoms with E-state index in [4.69, 9.17) is 0 Å². The minimum atomic E-state index is -0.410. The lowest BCUT2D eigenvalue weighted by Crippen LogP contribution is -1.89. The number of nitro groups is 1. The van der Waals surface area contributed by atoms with Gasteiger partial charge in [-0.1, -0.05) is 6.07 Å². The van der Waals surface area contributed by atoms with Gasteiger partial charge in [0.15, 0.2) is 0 Å². The van der Waals surface area contributed by atoms with E-state index in [9.17, 15) is 10.1 Å². The molecule has 0 saturated carbocycles. The molecule has 0 aromatic heterocycles. The van der Waals surface area contributed by atoms with Crippen LogP contribution in [0.15, 0.2) is 22.7 Å². The number of hydrogen-bond acceptors (Lipinski definition) is 2. The first kappa shape index (κ1) is 8.92. The topological polar surface area (TPSA) is 43.1 Å². The van der Waals surface area contributed by atoms with Gasteiger partial charge in [-0.2, -0.15) is 0 Å². The van der Waals surface area contributed by atoms with Crippen molar-refractivity contribution in [2.24, 2.45) is 0 Å². The molecular formula is C6H3BrINO2. The molecule has 0 aliphatic rings. The summed E-state index contributed by atoms with van der Waals surface area (Å²) < 4.78 is 1.39. The zero-order valence-electron chi connectivity index (χ0n) is 5.25. The number of hydrogen-bond donors (Lipinski definition) is 0. The molecule has 0 amide bonds. The predicted molar refractivity (Wildman–Crippen MR) is 53.5 cm³/mol. The van der Waals surface area contributed by atoms with E-state index in [1.54, 1.807) is 12.1 Å². The van der Waals surface area contributed by atoms with Crippen LogP contribution in [0.3, 0.4) is 0 Å². The molecule has 0 spiro atoms. The summed E-state index contributed by atoms with van der Waals surface area (Å²) in [4.78, 5) is 9.94. The molecule has 0 atom stereocenters. The zero-order valence-corrected chi connectivity index (χ0v) is 9.00. The van der Waals surface area contributed by atoms with Crippen molar-refractivity contribution in [3.05, 3.63) is 36.4 Å². The second kappa shape index (κ2) is 3.48. The summed E-state index contributed by atoms with van der Waals surface area (Å²) in [7, 11) is 0. The van der Waals surface area contributed by atoms with Crippen molar-refractivity contribution in [1.29, 1.82) is 0 Å². The van der Waals surface area contributed by atoms with Crippen molar-refractivity contribution in [3.63, 3.8) is 0 Å². The van der Waals surface area contributed by atoms with E-state index in [0.717, 1.165) is 3.57 Å². The summed E-state index contributed by atoms with van der Waals surface area (Å²) in [6.07, 6.45) is 0. The number of benzene rings is 1. The first-order valence-electron chi connectivity index (χ1n) is 2.71. The van der Waals surface area contributed by atoms with Crippen LogP contribution in [0, 0.1) is 13.7 Å². The van der Waals surface area contributed by atoms with Crippen LogP contribution < -0.4 is 0 Å². The quantitative estimate of drug-likeness (QED) is 0.452. The Morgan fingerprint density at radius 3 is 2.64 bits per heavy atom. The number of rotatable bonds is 1. The highest BCUT2D eigenvalue weighted by Gasteiger charge is 2.12. The number of nitro benzene ring substituents is 1. The largest absolute Gasteiger partial charge is 0.284 e. The first-order chi connectivity index (χ1) is 5.13. The Labute approximate surface area is 85.2 Å². The van der Waals surface area contributed by atoms with Crippen LogP contribution in [-0.4, -0.2) is 4.92 Å². The molecule has 11 heavy (non-hydrogen) atoms. The summed E-state index contributed by atoms with van der Waals surface area (Å²) in [5.41, 5.74) is 0.108. The van der Waals surface area contributed by atoms with Crippen molar-refractivity contribution < 1.29 is 4.92 Å². The molecule has 1 aromatic carbocycles. The normalized spacial score (nSPS) is 9.64. The van der Waals surface area contributed by atoms with E-state index >= 15 is 0 Å². The van der Waals surface area contributed by atoms with Gasteiger partial charge in [-0.15, -0.1) is 0 Å². The molecule has 0 fully saturated rings. The summed E-state index contributed by atoms with van der Waals surface area (Å²) in [5, 5.41) is 10.3. The fourth-order valence-corrected chi connectivity index (χ4v) is 1.53. The summed E-state index contributed by atoms with van der Waals surface area (Å²) in [6.45, 7) is 0. The minimum absolute atomic E-state index is 0.108. The van der Waals surface area contributed by atoms with Crippen LogP contribution in [0.1, 0.15) is 0 Å². The van der Waals surface area contributed by atoms with Crippen LogP contribution in [0.4, 0.5) is 5.69 Å². The molecule has 0 heterocycles. The molecule has 58 valence electrons. The number of nitrogens with zero attached hydrogens (tertiary/aromatic N) is 1. The molecule has 0 aliphatic heterocycles. The first-order valence-corrected chi connectivity index (χ1v) is 4.58. The third kappa shape index (κ3) is 1.90. The lowest BCUT2D eigenvalue weighted by atomic mass is 10.3. The zero-order chi connectivity index (χ0) is 8.43. The van der Waals surface area contributed by atoms with E-state index in [1.165, 1.54) is 6.07 Å². The Hall–Kier alpha value is -0.170. The van der Waals surface area contributed by atoms with Crippen molar-refractivity contribution in [3.8, 4) is 0 Å². The Bertz CT molecular complexity index is 303. The van der Waals surface area contributed by atoms with Crippen molar-refractivity contribution in [2.45, 2.75) is 0 Å². The van der Waals surface area contributed by atoms with Crippen LogP contribution in [0.5, 0.6) is 0 Å². The van der Waals surface area contributed by atoms with E-state index in [2.05, 4.69) is 15.9 Å². The third-order valence-electron chi connectivity index (χ3n) is 1.13. The van der Waals surface area contributed by atoms with Gasteiger partial charge in [-0.3, -0.25) is 10.1 Å². The van der Waals surface area contributed by atoms with Gasteiger partial charge in [0, 0.05) is 9.64 Å². The van der Waals surface area contributed by atoms with Gasteiger partial charge >= 0.3 is 0 Å². The highest BCUT2D eigenvalue weighted by Crippen LogP contribution is 2.28. The van der Waals surface area contributed by atoms with Crippen molar-refractivity contribution in [1.82, 2.24) is 0 Å². The van der Waals surface area contributed by atoms with E-state index in [0.29, 0.717) is 4.47 Å². The second-order valence-electron chi connectivity index (χ2n) is 1.83. The standard InChI is InChI=1S/C6H3BrINO2/c7-6-4(8)2-1-3-5(6)9(10)11/h1-3H. The highest BCUT2D eigenvalue weighted by molar-refractivity contribution is 14.1. The lowest BCUT2D eigenvalue weighted by Gasteiger charge is -1.95. The van der Waals surface area contributed by atoms with Crippen molar-refractivity contribution in [2.75, 3.05) is 0 Å². The van der Waals surface area contributed by atoms with E-state index in [-0.39, 0.29) is 5.69 Å². The van der Waals surface area contributed by atoms with Crippen LogP contribution in [0.25, 0.3) is 0 Å². The summed E-state index contributed by atoms with van der Waals surface area (Å²) in [5.74, 6) is 0. The van der Waals surface area contributed by atoms with Crippen LogP contribution in [-0.2, 0) is 0 Å². The molecule has 0 radical (unpaired) electrons. The van der Waals surface area contributed by atoms with Gasteiger partial charge in [0.05, 0.1) is 4.92 Å². The molecule has 0 saturated heterocycles. The van der Waals surface area contributed by atoms with Crippen molar-refractivity contribution >= 4 is 44.2 Å². The van der Waals surface area contributed by atoms with Gasteiger partial charge in [0.2, 0.25) is 0 Å². The SMILES string of the molecule is O=[N+]([O-])c1cccc(I)c1Br. The average molecular weight is 328 g/mol. The molecule has 0 bridgehead atoms. The molecular weight excluding hydrogens is 325 g/mol. The average Bonchev–Trinajstić information content (AvgIpc) is 1.94. The van der Waals surface area contributed by atoms with E-state index in [1.807, 2.05) is 22.6 Å². The maximum Gasteiger partial charge on any atom is 0.284 e. The smallest absolute Gasteiger partial charge is 0.258 e. The van der Waals surface area contributed by atoms with Gasteiger partial charge in [0.1, 0.15) is 4.47 Å². The highest BCUT2D eigenvalue weighted by atomic mass is 127. The molecule has 1 rings (SSSR count). The third-order valence-corrected chi connectivity index (χ3v) is 3.60. The van der Waals surface area contributed by atoms with Crippen LogP contribution in [0.2, 0.25) is 0 Å². The Balaban J connectivity index is 3.27. The monoisotopic (exact) mass is 327 g/mol.